The standard InChI is InChI=1S/C16H15ClF3N3/c1-2-10-6-7-13(17)14(8-10)23(15(21)22)12-5-3-4-11(9-12)16(18,19)20/h3-9H,2H2,1H3,(H3,21,22). The highest BCUT2D eigenvalue weighted by Crippen LogP contribution is 2.36. The van der Waals surface area contributed by atoms with E-state index in [1.807, 2.05) is 13.0 Å². The number of benzene rings is 2. The fraction of sp³-hybridized carbons (Fsp3) is 0.188. The first-order chi connectivity index (χ1) is 10.7. The van der Waals surface area contributed by atoms with Gasteiger partial charge in [0.25, 0.3) is 0 Å². The van der Waals surface area contributed by atoms with Crippen LogP contribution >= 0.6 is 11.6 Å². The Balaban J connectivity index is 2.58. The van der Waals surface area contributed by atoms with Crippen LogP contribution in [0.1, 0.15) is 18.1 Å². The topological polar surface area (TPSA) is 53.1 Å². The zero-order valence-electron chi connectivity index (χ0n) is 12.3. The maximum Gasteiger partial charge on any atom is 0.416 e. The molecule has 0 amide bonds. The van der Waals surface area contributed by atoms with Gasteiger partial charge in [0.2, 0.25) is 0 Å². The number of alkyl halides is 3. The Morgan fingerprint density at radius 1 is 1.22 bits per heavy atom. The summed E-state index contributed by atoms with van der Waals surface area (Å²) in [6.45, 7) is 1.94. The Bertz CT molecular complexity index is 729. The van der Waals surface area contributed by atoms with Gasteiger partial charge in [-0.05, 0) is 42.3 Å². The summed E-state index contributed by atoms with van der Waals surface area (Å²) in [5.41, 5.74) is 6.21. The van der Waals surface area contributed by atoms with Crippen molar-refractivity contribution in [1.82, 2.24) is 0 Å². The average Bonchev–Trinajstić information content (AvgIpc) is 2.48. The van der Waals surface area contributed by atoms with E-state index >= 15 is 0 Å². The van der Waals surface area contributed by atoms with E-state index in [2.05, 4.69) is 0 Å². The molecule has 0 bridgehead atoms. The van der Waals surface area contributed by atoms with E-state index in [-0.39, 0.29) is 5.69 Å². The molecule has 0 atom stereocenters. The number of hydrogen-bond acceptors (Lipinski definition) is 1. The monoisotopic (exact) mass is 341 g/mol. The Labute approximate surface area is 137 Å². The van der Waals surface area contributed by atoms with Crippen LogP contribution in [0.4, 0.5) is 24.5 Å². The number of aryl methyl sites for hydroxylation is 1. The van der Waals surface area contributed by atoms with Crippen LogP contribution in [0.15, 0.2) is 42.5 Å². The summed E-state index contributed by atoms with van der Waals surface area (Å²) < 4.78 is 38.7. The predicted molar refractivity (Wildman–Crippen MR) is 86.3 cm³/mol. The van der Waals surface area contributed by atoms with Crippen LogP contribution in [0.25, 0.3) is 0 Å². The van der Waals surface area contributed by atoms with Gasteiger partial charge in [-0.1, -0.05) is 30.7 Å². The first-order valence-corrected chi connectivity index (χ1v) is 7.21. The molecule has 0 unspecified atom stereocenters. The summed E-state index contributed by atoms with van der Waals surface area (Å²) in [5, 5.41) is 8.04. The van der Waals surface area contributed by atoms with Gasteiger partial charge < -0.3 is 5.73 Å². The molecule has 0 aliphatic carbocycles. The van der Waals surface area contributed by atoms with Gasteiger partial charge in [-0.15, -0.1) is 0 Å². The molecule has 0 heterocycles. The van der Waals surface area contributed by atoms with E-state index in [9.17, 15) is 13.2 Å². The van der Waals surface area contributed by atoms with Gasteiger partial charge >= 0.3 is 6.18 Å². The molecule has 2 aromatic rings. The van der Waals surface area contributed by atoms with Crippen molar-refractivity contribution in [2.24, 2.45) is 5.73 Å². The fourth-order valence-electron chi connectivity index (χ4n) is 2.18. The number of hydrogen-bond donors (Lipinski definition) is 2. The van der Waals surface area contributed by atoms with E-state index in [0.717, 1.165) is 24.1 Å². The van der Waals surface area contributed by atoms with Crippen LogP contribution < -0.4 is 10.6 Å². The molecule has 23 heavy (non-hydrogen) atoms. The van der Waals surface area contributed by atoms with Gasteiger partial charge in [-0.2, -0.15) is 13.2 Å². The zero-order chi connectivity index (χ0) is 17.2. The average molecular weight is 342 g/mol. The van der Waals surface area contributed by atoms with Crippen LogP contribution in [0, 0.1) is 5.41 Å². The van der Waals surface area contributed by atoms with Gasteiger partial charge in [-0.3, -0.25) is 10.3 Å². The third-order valence-electron chi connectivity index (χ3n) is 3.33. The summed E-state index contributed by atoms with van der Waals surface area (Å²) in [4.78, 5) is 1.19. The molecule has 2 aromatic carbocycles. The van der Waals surface area contributed by atoms with Crippen molar-refractivity contribution < 1.29 is 13.2 Å². The van der Waals surface area contributed by atoms with Gasteiger partial charge in [0.05, 0.1) is 16.3 Å². The van der Waals surface area contributed by atoms with E-state index in [4.69, 9.17) is 22.7 Å². The Kier molecular flexibility index (Phi) is 4.85. The number of nitrogens with zero attached hydrogens (tertiary/aromatic N) is 1. The maximum absolute atomic E-state index is 12.9. The van der Waals surface area contributed by atoms with E-state index < -0.39 is 17.7 Å². The lowest BCUT2D eigenvalue weighted by Crippen LogP contribution is -2.32. The Morgan fingerprint density at radius 2 is 1.91 bits per heavy atom. The molecule has 0 saturated carbocycles. The highest BCUT2D eigenvalue weighted by molar-refractivity contribution is 6.34. The molecular weight excluding hydrogens is 327 g/mol. The number of anilines is 2. The van der Waals surface area contributed by atoms with Crippen LogP contribution in [0.2, 0.25) is 5.02 Å². The molecule has 0 radical (unpaired) electrons. The van der Waals surface area contributed by atoms with Crippen molar-refractivity contribution in [2.75, 3.05) is 4.90 Å². The quantitative estimate of drug-likeness (QED) is 0.613. The molecule has 7 heteroatoms. The molecule has 122 valence electrons. The van der Waals surface area contributed by atoms with Crippen molar-refractivity contribution in [1.29, 1.82) is 5.41 Å². The molecule has 2 rings (SSSR count). The predicted octanol–water partition coefficient (Wildman–Crippen LogP) is 4.95. The minimum atomic E-state index is -4.48. The SMILES string of the molecule is CCc1ccc(Cl)c(N(C(=N)N)c2cccc(C(F)(F)F)c2)c1. The first-order valence-electron chi connectivity index (χ1n) is 6.84. The molecule has 0 aliphatic heterocycles. The molecule has 3 nitrogen and oxygen atoms in total. The molecule has 0 fully saturated rings. The van der Waals surface area contributed by atoms with Crippen molar-refractivity contribution >= 4 is 28.9 Å². The molecule has 3 N–H and O–H groups in total. The number of nitrogens with one attached hydrogen (secondary N) is 1. The van der Waals surface area contributed by atoms with Crippen LogP contribution in [-0.4, -0.2) is 5.96 Å². The first kappa shape index (κ1) is 17.1. The van der Waals surface area contributed by atoms with Crippen molar-refractivity contribution in [2.45, 2.75) is 19.5 Å². The second kappa shape index (κ2) is 6.50. The van der Waals surface area contributed by atoms with E-state index in [0.29, 0.717) is 10.7 Å². The highest BCUT2D eigenvalue weighted by Gasteiger charge is 2.31. The Hall–Kier alpha value is -2.21. The number of halogens is 4. The second-order valence-corrected chi connectivity index (χ2v) is 5.32. The fourth-order valence-corrected chi connectivity index (χ4v) is 2.38. The minimum absolute atomic E-state index is 0.127. The van der Waals surface area contributed by atoms with Gasteiger partial charge in [0, 0.05) is 5.69 Å². The number of nitrogens with two attached hydrogens (primary N) is 1. The lowest BCUT2D eigenvalue weighted by molar-refractivity contribution is -0.137. The van der Waals surface area contributed by atoms with Crippen LogP contribution in [0.3, 0.4) is 0 Å². The van der Waals surface area contributed by atoms with Crippen LogP contribution in [0.5, 0.6) is 0 Å². The summed E-state index contributed by atoms with van der Waals surface area (Å²) in [6.07, 6.45) is -3.76. The minimum Gasteiger partial charge on any atom is -0.369 e. The molecular formula is C16H15ClF3N3. The third kappa shape index (κ3) is 3.76. The van der Waals surface area contributed by atoms with Gasteiger partial charge in [-0.25, -0.2) is 0 Å². The highest BCUT2D eigenvalue weighted by atomic mass is 35.5. The number of guanidine groups is 1. The lowest BCUT2D eigenvalue weighted by Gasteiger charge is -2.25. The van der Waals surface area contributed by atoms with Gasteiger partial charge in [0.15, 0.2) is 5.96 Å². The summed E-state index contributed by atoms with van der Waals surface area (Å²) in [5.74, 6) is -0.417. The van der Waals surface area contributed by atoms with Crippen LogP contribution in [-0.2, 0) is 12.6 Å². The van der Waals surface area contributed by atoms with E-state index in [1.54, 1.807) is 12.1 Å². The smallest absolute Gasteiger partial charge is 0.369 e. The molecule has 0 spiro atoms. The van der Waals surface area contributed by atoms with Crippen molar-refractivity contribution in [3.63, 3.8) is 0 Å². The van der Waals surface area contributed by atoms with Crippen molar-refractivity contribution in [3.8, 4) is 0 Å². The number of rotatable bonds is 3. The zero-order valence-corrected chi connectivity index (χ0v) is 13.0. The molecule has 0 aliphatic rings. The molecule has 0 saturated heterocycles. The normalized spacial score (nSPS) is 11.3. The Morgan fingerprint density at radius 3 is 2.48 bits per heavy atom. The lowest BCUT2D eigenvalue weighted by atomic mass is 10.1. The second-order valence-electron chi connectivity index (χ2n) is 4.91. The summed E-state index contributed by atoms with van der Waals surface area (Å²) >= 11 is 6.16. The third-order valence-corrected chi connectivity index (χ3v) is 3.65. The van der Waals surface area contributed by atoms with E-state index in [1.165, 1.54) is 17.0 Å². The van der Waals surface area contributed by atoms with Crippen molar-refractivity contribution in [3.05, 3.63) is 58.6 Å². The maximum atomic E-state index is 12.9. The summed E-state index contributed by atoms with van der Waals surface area (Å²) in [6, 6.07) is 9.79. The summed E-state index contributed by atoms with van der Waals surface area (Å²) in [7, 11) is 0. The largest absolute Gasteiger partial charge is 0.416 e. The molecule has 0 aromatic heterocycles. The van der Waals surface area contributed by atoms with Gasteiger partial charge in [0.1, 0.15) is 0 Å².